The van der Waals surface area contributed by atoms with Crippen molar-refractivity contribution in [3.63, 3.8) is 0 Å². The topological polar surface area (TPSA) is 48.7 Å². The summed E-state index contributed by atoms with van der Waals surface area (Å²) in [7, 11) is 2.01. The van der Waals surface area contributed by atoms with Crippen LogP contribution < -0.4 is 5.32 Å². The van der Waals surface area contributed by atoms with Crippen LogP contribution in [0.4, 0.5) is 0 Å². The van der Waals surface area contributed by atoms with Crippen molar-refractivity contribution in [3.8, 4) is 0 Å². The number of rotatable bonds is 2. The van der Waals surface area contributed by atoms with E-state index in [0.717, 1.165) is 12.3 Å². The van der Waals surface area contributed by atoms with Crippen LogP contribution >= 0.6 is 12.2 Å². The molecule has 1 aromatic rings. The van der Waals surface area contributed by atoms with Crippen LogP contribution in [0.25, 0.3) is 0 Å². The van der Waals surface area contributed by atoms with Gasteiger partial charge in [-0.1, -0.05) is 0 Å². The van der Waals surface area contributed by atoms with Gasteiger partial charge in [0.25, 0.3) is 5.91 Å². The summed E-state index contributed by atoms with van der Waals surface area (Å²) in [5, 5.41) is 3.78. The number of amides is 1. The van der Waals surface area contributed by atoms with Crippen LogP contribution in [0.2, 0.25) is 0 Å². The summed E-state index contributed by atoms with van der Waals surface area (Å²) in [6.07, 6.45) is 1.65. The number of carbonyl (C=O) groups is 1. The zero-order valence-electron chi connectivity index (χ0n) is 11.0. The fourth-order valence-electron chi connectivity index (χ4n) is 3.17. The molecule has 2 fully saturated rings. The average Bonchev–Trinajstić information content (AvgIpc) is 3.02. The van der Waals surface area contributed by atoms with Crippen molar-refractivity contribution >= 4 is 23.2 Å². The van der Waals surface area contributed by atoms with Crippen molar-refractivity contribution in [2.75, 3.05) is 26.7 Å². The Morgan fingerprint density at radius 3 is 3.00 bits per heavy atom. The molecule has 2 atom stereocenters. The van der Waals surface area contributed by atoms with Gasteiger partial charge < -0.3 is 14.6 Å². The molecule has 1 N–H and O–H groups in total. The number of hydrogen-bond acceptors (Lipinski definition) is 4. The lowest BCUT2D eigenvalue weighted by atomic mass is 9.85. The van der Waals surface area contributed by atoms with Gasteiger partial charge >= 0.3 is 0 Å². The second-order valence-electron chi connectivity index (χ2n) is 5.22. The van der Waals surface area contributed by atoms with E-state index in [4.69, 9.17) is 16.6 Å². The number of carbonyl (C=O) groups excluding carboxylic acids is 1. The molecule has 0 aromatic carbocycles. The predicted molar refractivity (Wildman–Crippen MR) is 74.8 cm³/mol. The molecule has 1 amide bonds. The molecule has 102 valence electrons. The molecule has 1 aromatic heterocycles. The Kier molecular flexibility index (Phi) is 2.87. The average molecular weight is 279 g/mol. The van der Waals surface area contributed by atoms with E-state index < -0.39 is 5.54 Å². The Hall–Kier alpha value is -1.40. The van der Waals surface area contributed by atoms with Gasteiger partial charge in [0.05, 0.1) is 12.2 Å². The van der Waals surface area contributed by atoms with Crippen LogP contribution in [-0.4, -0.2) is 53.0 Å². The third-order valence-corrected chi connectivity index (χ3v) is 4.34. The maximum Gasteiger partial charge on any atom is 0.256 e. The number of likely N-dealkylation sites (N-methyl/N-ethyl adjacent to an activating group) is 2. The van der Waals surface area contributed by atoms with Crippen LogP contribution in [0, 0.1) is 0 Å². The van der Waals surface area contributed by atoms with E-state index in [2.05, 4.69) is 10.2 Å². The summed E-state index contributed by atoms with van der Waals surface area (Å²) in [6.45, 7) is 3.97. The van der Waals surface area contributed by atoms with E-state index in [1.165, 1.54) is 0 Å². The third-order valence-electron chi connectivity index (χ3n) is 4.01. The number of furan rings is 1. The van der Waals surface area contributed by atoms with Crippen molar-refractivity contribution in [3.05, 3.63) is 24.2 Å². The van der Waals surface area contributed by atoms with Crippen molar-refractivity contribution in [2.45, 2.75) is 18.4 Å². The second-order valence-corrected chi connectivity index (χ2v) is 5.60. The van der Waals surface area contributed by atoms with Gasteiger partial charge in [-0.2, -0.15) is 0 Å². The minimum absolute atomic E-state index is 0.00509. The Morgan fingerprint density at radius 1 is 1.63 bits per heavy atom. The Balaban J connectivity index is 2.02. The molecule has 2 aliphatic rings. The smallest absolute Gasteiger partial charge is 0.256 e. The largest absolute Gasteiger partial charge is 0.469 e. The zero-order chi connectivity index (χ0) is 13.6. The summed E-state index contributed by atoms with van der Waals surface area (Å²) < 4.78 is 5.52. The van der Waals surface area contributed by atoms with Crippen LogP contribution in [0.5, 0.6) is 0 Å². The van der Waals surface area contributed by atoms with Crippen molar-refractivity contribution < 1.29 is 9.21 Å². The maximum atomic E-state index is 12.7. The van der Waals surface area contributed by atoms with E-state index in [-0.39, 0.29) is 11.8 Å². The molecule has 3 rings (SSSR count). The van der Waals surface area contributed by atoms with Crippen molar-refractivity contribution in [1.29, 1.82) is 0 Å². The van der Waals surface area contributed by atoms with Crippen molar-refractivity contribution in [1.82, 2.24) is 15.1 Å². The molecule has 2 aliphatic heterocycles. The maximum absolute atomic E-state index is 12.7. The van der Waals surface area contributed by atoms with Gasteiger partial charge in [-0.3, -0.25) is 9.69 Å². The van der Waals surface area contributed by atoms with E-state index in [9.17, 15) is 4.79 Å². The van der Waals surface area contributed by atoms with E-state index in [1.807, 2.05) is 26.1 Å². The third kappa shape index (κ3) is 1.70. The molecule has 0 bridgehead atoms. The Labute approximate surface area is 117 Å². The highest BCUT2D eigenvalue weighted by Crippen LogP contribution is 2.39. The van der Waals surface area contributed by atoms with Gasteiger partial charge in [-0.15, -0.1) is 0 Å². The highest BCUT2D eigenvalue weighted by atomic mass is 32.1. The molecule has 6 heteroatoms. The minimum Gasteiger partial charge on any atom is -0.469 e. The van der Waals surface area contributed by atoms with Crippen LogP contribution in [-0.2, 0) is 4.79 Å². The van der Waals surface area contributed by atoms with Crippen LogP contribution in [0.15, 0.2) is 22.8 Å². The summed E-state index contributed by atoms with van der Waals surface area (Å²) in [6, 6.07) is 3.79. The van der Waals surface area contributed by atoms with E-state index in [1.54, 1.807) is 11.2 Å². The highest BCUT2D eigenvalue weighted by Gasteiger charge is 2.59. The molecular weight excluding hydrogens is 262 g/mol. The lowest BCUT2D eigenvalue weighted by Gasteiger charge is -2.26. The number of thiocarbonyl (C=S) groups is 1. The van der Waals surface area contributed by atoms with Crippen LogP contribution in [0.3, 0.4) is 0 Å². The van der Waals surface area contributed by atoms with Gasteiger partial charge in [0, 0.05) is 19.6 Å². The zero-order valence-corrected chi connectivity index (χ0v) is 11.9. The molecule has 0 unspecified atom stereocenters. The lowest BCUT2D eigenvalue weighted by molar-refractivity contribution is -0.131. The Morgan fingerprint density at radius 2 is 2.42 bits per heavy atom. The van der Waals surface area contributed by atoms with Gasteiger partial charge in [-0.25, -0.2) is 0 Å². The molecule has 5 nitrogen and oxygen atoms in total. The van der Waals surface area contributed by atoms with Gasteiger partial charge in [0.1, 0.15) is 11.3 Å². The lowest BCUT2D eigenvalue weighted by Crippen LogP contribution is -2.52. The van der Waals surface area contributed by atoms with Gasteiger partial charge in [0.15, 0.2) is 5.11 Å². The van der Waals surface area contributed by atoms with Crippen molar-refractivity contribution in [2.24, 2.45) is 0 Å². The SMILES string of the molecule is CCN1C(=O)[C@]2(CN(C)C[C@@H]2c2ccco2)NC1=S. The quantitative estimate of drug-likeness (QED) is 0.811. The number of nitrogens with one attached hydrogen (secondary N) is 1. The molecular formula is C13H17N3O2S. The Bertz CT molecular complexity index is 516. The number of hydrogen-bond donors (Lipinski definition) is 1. The van der Waals surface area contributed by atoms with E-state index in [0.29, 0.717) is 18.2 Å². The first-order chi connectivity index (χ1) is 9.08. The first kappa shape index (κ1) is 12.6. The number of nitrogens with zero attached hydrogens (tertiary/aromatic N) is 2. The summed E-state index contributed by atoms with van der Waals surface area (Å²) in [4.78, 5) is 16.5. The standard InChI is InChI=1S/C13H17N3O2S/c1-3-16-11(17)13(14-12(16)19)8-15(2)7-9(13)10-5-4-6-18-10/h4-6,9H,3,7-8H2,1-2H3,(H,14,19)/t9-,13-/m1/s1. The van der Waals surface area contributed by atoms with Crippen LogP contribution in [0.1, 0.15) is 18.6 Å². The summed E-state index contributed by atoms with van der Waals surface area (Å²) >= 11 is 5.29. The molecule has 3 heterocycles. The molecule has 0 radical (unpaired) electrons. The molecule has 19 heavy (non-hydrogen) atoms. The fourth-order valence-corrected chi connectivity index (χ4v) is 3.56. The van der Waals surface area contributed by atoms with Gasteiger partial charge in [-0.05, 0) is 38.3 Å². The predicted octanol–water partition coefficient (Wildman–Crippen LogP) is 0.784. The molecule has 0 saturated carbocycles. The second kappa shape index (κ2) is 4.31. The fraction of sp³-hybridized carbons (Fsp3) is 0.538. The first-order valence-electron chi connectivity index (χ1n) is 6.44. The molecule has 2 saturated heterocycles. The first-order valence-corrected chi connectivity index (χ1v) is 6.85. The summed E-state index contributed by atoms with van der Waals surface area (Å²) in [5.74, 6) is 0.895. The summed E-state index contributed by atoms with van der Waals surface area (Å²) in [5.41, 5.74) is -0.667. The highest BCUT2D eigenvalue weighted by molar-refractivity contribution is 7.80. The van der Waals surface area contributed by atoms with Gasteiger partial charge in [0.2, 0.25) is 0 Å². The van der Waals surface area contributed by atoms with E-state index >= 15 is 0 Å². The minimum atomic E-state index is -0.667. The molecule has 1 spiro atoms. The normalized spacial score (nSPS) is 31.5. The molecule has 0 aliphatic carbocycles. The number of likely N-dealkylation sites (tertiary alicyclic amines) is 1. The monoisotopic (exact) mass is 279 g/mol.